The summed E-state index contributed by atoms with van der Waals surface area (Å²) in [5.41, 5.74) is 2.67. The van der Waals surface area contributed by atoms with E-state index in [0.717, 1.165) is 12.8 Å². The van der Waals surface area contributed by atoms with Gasteiger partial charge in [0.15, 0.2) is 0 Å². The number of hydrogen-bond donors (Lipinski definition) is 1. The minimum absolute atomic E-state index is 0.0571. The van der Waals surface area contributed by atoms with Crippen LogP contribution in [0.1, 0.15) is 58.2 Å². The number of nitrogens with one attached hydrogen (secondary N) is 1. The summed E-state index contributed by atoms with van der Waals surface area (Å²) in [5, 5.41) is 2.96. The minimum Gasteiger partial charge on any atom is -0.350 e. The number of hydrogen-bond acceptors (Lipinski definition) is 1. The third-order valence-electron chi connectivity index (χ3n) is 2.51. The van der Waals surface area contributed by atoms with Crippen molar-refractivity contribution >= 4 is 5.91 Å². The van der Waals surface area contributed by atoms with Gasteiger partial charge >= 0.3 is 0 Å². The fraction of sp³-hybridized carbons (Fsp3) is 0.533. The molecule has 0 aromatic heterocycles. The number of rotatable bonds is 1. The molecule has 1 unspecified atom stereocenters. The van der Waals surface area contributed by atoms with Gasteiger partial charge in [-0.1, -0.05) is 52.0 Å². The maximum atomic E-state index is 10.9. The minimum atomic E-state index is 0.0571. The Morgan fingerprint density at radius 1 is 1.18 bits per heavy atom. The number of benzene rings is 1. The van der Waals surface area contributed by atoms with Crippen LogP contribution in [-0.4, -0.2) is 5.91 Å². The van der Waals surface area contributed by atoms with Gasteiger partial charge in [0.2, 0.25) is 5.91 Å². The lowest BCUT2D eigenvalue weighted by molar-refractivity contribution is -0.119. The molecule has 2 heteroatoms. The molecule has 0 heterocycles. The van der Waals surface area contributed by atoms with Gasteiger partial charge in [-0.2, -0.15) is 0 Å². The van der Waals surface area contributed by atoms with Crippen molar-refractivity contribution in [1.29, 1.82) is 0 Å². The SMILES string of the molecule is CC.CC.CC(=O)NC1CCc2ccccc21. The molecule has 0 saturated carbocycles. The fourth-order valence-corrected chi connectivity index (χ4v) is 1.95. The second kappa shape index (κ2) is 8.80. The molecule has 1 aromatic carbocycles. The normalized spacial score (nSPS) is 15.7. The molecule has 96 valence electrons. The summed E-state index contributed by atoms with van der Waals surface area (Å²) in [6.07, 6.45) is 2.13. The summed E-state index contributed by atoms with van der Waals surface area (Å²) >= 11 is 0. The van der Waals surface area contributed by atoms with Crippen molar-refractivity contribution in [2.24, 2.45) is 0 Å². The zero-order chi connectivity index (χ0) is 13.3. The number of carbonyl (C=O) groups is 1. The topological polar surface area (TPSA) is 29.1 Å². The van der Waals surface area contributed by atoms with Crippen LogP contribution >= 0.6 is 0 Å². The van der Waals surface area contributed by atoms with Gasteiger partial charge in [-0.15, -0.1) is 0 Å². The molecule has 1 N–H and O–H groups in total. The van der Waals surface area contributed by atoms with Crippen LogP contribution < -0.4 is 5.32 Å². The quantitative estimate of drug-likeness (QED) is 0.786. The van der Waals surface area contributed by atoms with Crippen molar-refractivity contribution in [1.82, 2.24) is 5.32 Å². The van der Waals surface area contributed by atoms with Gasteiger partial charge in [-0.3, -0.25) is 4.79 Å². The molecule has 0 spiro atoms. The molecule has 1 amide bonds. The highest BCUT2D eigenvalue weighted by molar-refractivity contribution is 5.73. The highest BCUT2D eigenvalue weighted by atomic mass is 16.1. The van der Waals surface area contributed by atoms with Crippen LogP contribution in [0.3, 0.4) is 0 Å². The Labute approximate surface area is 105 Å². The van der Waals surface area contributed by atoms with Crippen molar-refractivity contribution < 1.29 is 4.79 Å². The largest absolute Gasteiger partial charge is 0.350 e. The van der Waals surface area contributed by atoms with Gasteiger partial charge in [-0.25, -0.2) is 0 Å². The van der Waals surface area contributed by atoms with E-state index >= 15 is 0 Å². The first-order valence-electron chi connectivity index (χ1n) is 6.62. The molecule has 2 rings (SSSR count). The summed E-state index contributed by atoms with van der Waals surface area (Å²) < 4.78 is 0. The first kappa shape index (κ1) is 15.7. The van der Waals surface area contributed by atoms with Crippen LogP contribution in [0.25, 0.3) is 0 Å². The van der Waals surface area contributed by atoms with Gasteiger partial charge in [0, 0.05) is 6.92 Å². The van der Waals surface area contributed by atoms with E-state index in [4.69, 9.17) is 0 Å². The van der Waals surface area contributed by atoms with Crippen molar-refractivity contribution in [3.05, 3.63) is 35.4 Å². The zero-order valence-corrected chi connectivity index (χ0v) is 11.7. The number of amides is 1. The molecule has 1 aromatic rings. The molecule has 0 aliphatic heterocycles. The van der Waals surface area contributed by atoms with Crippen molar-refractivity contribution in [3.8, 4) is 0 Å². The van der Waals surface area contributed by atoms with E-state index in [0.29, 0.717) is 0 Å². The number of carbonyl (C=O) groups excluding carboxylic acids is 1. The van der Waals surface area contributed by atoms with E-state index in [1.54, 1.807) is 6.92 Å². The maximum absolute atomic E-state index is 10.9. The van der Waals surface area contributed by atoms with Crippen molar-refractivity contribution in [3.63, 3.8) is 0 Å². The highest BCUT2D eigenvalue weighted by Gasteiger charge is 2.21. The molecule has 1 aliphatic carbocycles. The van der Waals surface area contributed by atoms with Crippen LogP contribution in [0.15, 0.2) is 24.3 Å². The Kier molecular flexibility index (Phi) is 8.12. The lowest BCUT2D eigenvalue weighted by atomic mass is 10.1. The van der Waals surface area contributed by atoms with E-state index in [2.05, 4.69) is 23.5 Å². The van der Waals surface area contributed by atoms with Crippen LogP contribution in [0.2, 0.25) is 0 Å². The predicted molar refractivity (Wildman–Crippen MR) is 74.0 cm³/mol. The van der Waals surface area contributed by atoms with Gasteiger partial charge in [0.25, 0.3) is 0 Å². The molecular formula is C15H25NO. The molecule has 1 atom stereocenters. The summed E-state index contributed by atoms with van der Waals surface area (Å²) in [7, 11) is 0. The lowest BCUT2D eigenvalue weighted by Gasteiger charge is -2.11. The zero-order valence-electron chi connectivity index (χ0n) is 11.7. The van der Waals surface area contributed by atoms with Gasteiger partial charge < -0.3 is 5.32 Å². The molecule has 0 fully saturated rings. The monoisotopic (exact) mass is 235 g/mol. The fourth-order valence-electron chi connectivity index (χ4n) is 1.95. The van der Waals surface area contributed by atoms with E-state index in [1.807, 2.05) is 33.8 Å². The van der Waals surface area contributed by atoms with Crippen LogP contribution in [0.5, 0.6) is 0 Å². The molecule has 0 bridgehead atoms. The Hall–Kier alpha value is -1.31. The Morgan fingerprint density at radius 2 is 1.76 bits per heavy atom. The first-order chi connectivity index (χ1) is 8.27. The molecule has 0 saturated heterocycles. The van der Waals surface area contributed by atoms with E-state index in [-0.39, 0.29) is 11.9 Å². The number of fused-ring (bicyclic) bond motifs is 1. The van der Waals surface area contributed by atoms with Gasteiger partial charge in [0.05, 0.1) is 6.04 Å². The van der Waals surface area contributed by atoms with Gasteiger partial charge in [-0.05, 0) is 24.0 Å². The summed E-state index contributed by atoms with van der Waals surface area (Å²) in [6.45, 7) is 9.57. The summed E-state index contributed by atoms with van der Waals surface area (Å²) in [6, 6.07) is 8.56. The second-order valence-electron chi connectivity index (χ2n) is 3.49. The standard InChI is InChI=1S/C11H13NO.2C2H6/c1-8(13)12-11-7-6-9-4-2-3-5-10(9)11;2*1-2/h2-5,11H,6-7H2,1H3,(H,12,13);2*1-2H3. The van der Waals surface area contributed by atoms with E-state index in [9.17, 15) is 4.79 Å². The number of aryl methyl sites for hydroxylation is 1. The van der Waals surface area contributed by atoms with Crippen LogP contribution in [0.4, 0.5) is 0 Å². The molecule has 0 radical (unpaired) electrons. The van der Waals surface area contributed by atoms with E-state index in [1.165, 1.54) is 11.1 Å². The smallest absolute Gasteiger partial charge is 0.217 e. The molecule has 2 nitrogen and oxygen atoms in total. The maximum Gasteiger partial charge on any atom is 0.217 e. The average molecular weight is 235 g/mol. The van der Waals surface area contributed by atoms with Crippen LogP contribution in [-0.2, 0) is 11.2 Å². The Bertz CT molecular complexity index is 333. The molecular weight excluding hydrogens is 210 g/mol. The third kappa shape index (κ3) is 4.59. The van der Waals surface area contributed by atoms with Gasteiger partial charge in [0.1, 0.15) is 0 Å². The van der Waals surface area contributed by atoms with Crippen LogP contribution in [0, 0.1) is 0 Å². The summed E-state index contributed by atoms with van der Waals surface area (Å²) in [4.78, 5) is 10.9. The average Bonchev–Trinajstić information content (AvgIpc) is 2.77. The first-order valence-corrected chi connectivity index (χ1v) is 6.62. The highest BCUT2D eigenvalue weighted by Crippen LogP contribution is 2.30. The Balaban J connectivity index is 0.000000581. The summed E-state index contributed by atoms with van der Waals surface area (Å²) in [5.74, 6) is 0.0571. The van der Waals surface area contributed by atoms with E-state index < -0.39 is 0 Å². The van der Waals surface area contributed by atoms with Crippen molar-refractivity contribution in [2.45, 2.75) is 53.5 Å². The molecule has 1 aliphatic rings. The van der Waals surface area contributed by atoms with Crippen molar-refractivity contribution in [2.75, 3.05) is 0 Å². The molecule has 17 heavy (non-hydrogen) atoms. The predicted octanol–water partition coefficient (Wildman–Crippen LogP) is 3.86. The Morgan fingerprint density at radius 3 is 2.35 bits per heavy atom. The lowest BCUT2D eigenvalue weighted by Crippen LogP contribution is -2.23. The second-order valence-corrected chi connectivity index (χ2v) is 3.49. The third-order valence-corrected chi connectivity index (χ3v) is 2.51.